The molecular weight excluding hydrogens is 797 g/mol. The van der Waals surface area contributed by atoms with Crippen LogP contribution in [0.5, 0.6) is 5.75 Å². The van der Waals surface area contributed by atoms with Crippen LogP contribution in [-0.2, 0) is 19.1 Å². The van der Waals surface area contributed by atoms with Gasteiger partial charge in [-0.15, -0.1) is 0 Å². The minimum absolute atomic E-state index is 0.00639. The predicted molar refractivity (Wildman–Crippen MR) is 220 cm³/mol. The van der Waals surface area contributed by atoms with Gasteiger partial charge in [-0.1, -0.05) is 12.8 Å². The second kappa shape index (κ2) is 20.6. The number of morpholine rings is 1. The van der Waals surface area contributed by atoms with E-state index in [9.17, 15) is 28.0 Å². The molecule has 0 unspecified atom stereocenters. The lowest BCUT2D eigenvalue weighted by atomic mass is 10.1. The molecule has 2 aromatic heterocycles. The molecule has 0 radical (unpaired) electrons. The first kappa shape index (κ1) is 43.3. The van der Waals surface area contributed by atoms with Crippen LogP contribution in [0.15, 0.2) is 30.5 Å². The van der Waals surface area contributed by atoms with Crippen molar-refractivity contribution in [1.82, 2.24) is 44.9 Å². The van der Waals surface area contributed by atoms with Crippen molar-refractivity contribution in [3.8, 4) is 17.1 Å². The molecule has 0 spiro atoms. The molecule has 6 heterocycles. The maximum absolute atomic E-state index is 14.0. The molecule has 61 heavy (non-hydrogen) atoms. The van der Waals surface area contributed by atoms with E-state index in [0.29, 0.717) is 90.6 Å². The van der Waals surface area contributed by atoms with Crippen LogP contribution in [0.3, 0.4) is 0 Å². The highest BCUT2D eigenvalue weighted by Gasteiger charge is 2.29. The molecule has 0 bridgehead atoms. The van der Waals surface area contributed by atoms with Gasteiger partial charge in [0.2, 0.25) is 35.6 Å². The largest absolute Gasteiger partial charge is 0.494 e. The van der Waals surface area contributed by atoms with Gasteiger partial charge in [0, 0.05) is 103 Å². The van der Waals surface area contributed by atoms with Crippen molar-refractivity contribution in [2.24, 2.45) is 0 Å². The van der Waals surface area contributed by atoms with Crippen LogP contribution in [0.2, 0.25) is 0 Å². The third-order valence-corrected chi connectivity index (χ3v) is 11.2. The first-order valence-electron chi connectivity index (χ1n) is 21.0. The minimum atomic E-state index is -2.92. The van der Waals surface area contributed by atoms with Crippen molar-refractivity contribution in [3.63, 3.8) is 0 Å². The highest BCUT2D eigenvalue weighted by atomic mass is 19.3. The zero-order valence-corrected chi connectivity index (χ0v) is 34.2. The molecule has 4 fully saturated rings. The summed E-state index contributed by atoms with van der Waals surface area (Å²) in [5.74, 6) is 0.718. The Morgan fingerprint density at radius 2 is 1.39 bits per heavy atom. The number of halogens is 2. The van der Waals surface area contributed by atoms with Gasteiger partial charge in [0.1, 0.15) is 11.4 Å². The lowest BCUT2D eigenvalue weighted by Crippen LogP contribution is -2.50. The molecule has 4 aliphatic heterocycles. The van der Waals surface area contributed by atoms with E-state index >= 15 is 0 Å². The van der Waals surface area contributed by atoms with Crippen molar-refractivity contribution < 1.29 is 37.4 Å². The zero-order valence-electron chi connectivity index (χ0n) is 34.2. The third-order valence-electron chi connectivity index (χ3n) is 11.2. The number of imide groups is 1. The fourth-order valence-corrected chi connectivity index (χ4v) is 7.69. The standard InChI is InChI=1S/C40H53F2N13O6/c41-35(42)34-30(27-44-37(43)46-34)36-47-38(49-39(48-36)54-22-25-60-26-23-54)53-20-18-52(19-21-53)33(58)10-9-32(57)51-16-14-50(15-17-51)12-3-1-2-4-24-61-29-7-5-28(6-8-29)55-13-11-31(56)45-40(55)59/h5-8,27,35H,1-4,9-26H2,(H2,43,44,46)(H,45,56,59). The fourth-order valence-electron chi connectivity index (χ4n) is 7.69. The molecule has 0 atom stereocenters. The quantitative estimate of drug-likeness (QED) is 0.198. The number of ether oxygens (including phenoxy) is 2. The molecule has 4 saturated heterocycles. The van der Waals surface area contributed by atoms with Crippen LogP contribution in [0.1, 0.15) is 57.1 Å². The maximum atomic E-state index is 14.0. The van der Waals surface area contributed by atoms with Crippen LogP contribution in [0.4, 0.5) is 37.1 Å². The Morgan fingerprint density at radius 3 is 2.03 bits per heavy atom. The summed E-state index contributed by atoms with van der Waals surface area (Å²) in [6.45, 7) is 8.39. The Hall–Kier alpha value is -5.83. The number of unbranched alkanes of at least 4 members (excludes halogenated alkanes) is 3. The molecule has 0 aliphatic carbocycles. The van der Waals surface area contributed by atoms with E-state index in [0.717, 1.165) is 56.8 Å². The van der Waals surface area contributed by atoms with E-state index in [4.69, 9.17) is 15.2 Å². The van der Waals surface area contributed by atoms with Crippen LogP contribution >= 0.6 is 0 Å². The van der Waals surface area contributed by atoms with Crippen LogP contribution in [0, 0.1) is 0 Å². The Morgan fingerprint density at radius 1 is 0.770 bits per heavy atom. The van der Waals surface area contributed by atoms with E-state index in [-0.39, 0.29) is 54.3 Å². The summed E-state index contributed by atoms with van der Waals surface area (Å²) in [5, 5.41) is 2.33. The number of carbonyl (C=O) groups is 4. The number of rotatable bonds is 16. The first-order chi connectivity index (χ1) is 29.6. The number of aromatic nitrogens is 5. The monoisotopic (exact) mass is 849 g/mol. The van der Waals surface area contributed by atoms with Crippen LogP contribution in [-0.4, -0.2) is 162 Å². The van der Waals surface area contributed by atoms with Crippen molar-refractivity contribution in [1.29, 1.82) is 0 Å². The summed E-state index contributed by atoms with van der Waals surface area (Å²) in [6.07, 6.45) is 2.94. The molecule has 19 nitrogen and oxygen atoms in total. The molecule has 328 valence electrons. The number of nitrogen functional groups attached to an aromatic ring is 1. The van der Waals surface area contributed by atoms with Gasteiger partial charge in [-0.2, -0.15) is 15.0 Å². The molecule has 0 saturated carbocycles. The SMILES string of the molecule is Nc1ncc(-c2nc(N3CCOCC3)nc(N3CCN(C(=O)CCC(=O)N4CCN(CCCCCCOc5ccc(N6CCC(=O)NC6=O)cc5)CC4)CC3)n2)c(C(F)F)n1. The number of anilines is 4. The number of hydrogen-bond donors (Lipinski definition) is 2. The Balaban J connectivity index is 0.785. The van der Waals surface area contributed by atoms with E-state index in [1.165, 1.54) is 6.20 Å². The smallest absolute Gasteiger partial charge is 0.328 e. The molecule has 4 aliphatic rings. The van der Waals surface area contributed by atoms with Crippen molar-refractivity contribution in [3.05, 3.63) is 36.2 Å². The van der Waals surface area contributed by atoms with Gasteiger partial charge in [0.25, 0.3) is 6.43 Å². The number of nitrogens with two attached hydrogens (primary N) is 1. The number of hydrogen-bond acceptors (Lipinski definition) is 15. The summed E-state index contributed by atoms with van der Waals surface area (Å²) in [7, 11) is 0. The second-order valence-electron chi connectivity index (χ2n) is 15.3. The average Bonchev–Trinajstić information content (AvgIpc) is 3.28. The molecule has 5 amide bonds. The summed E-state index contributed by atoms with van der Waals surface area (Å²) < 4.78 is 39.3. The van der Waals surface area contributed by atoms with Crippen molar-refractivity contribution in [2.75, 3.05) is 119 Å². The highest BCUT2D eigenvalue weighted by Crippen LogP contribution is 2.30. The number of carbonyl (C=O) groups excluding carboxylic acids is 4. The molecule has 1 aromatic carbocycles. The lowest BCUT2D eigenvalue weighted by molar-refractivity contribution is -0.138. The summed E-state index contributed by atoms with van der Waals surface area (Å²) >= 11 is 0. The third kappa shape index (κ3) is 11.5. The van der Waals surface area contributed by atoms with E-state index in [2.05, 4.69) is 35.1 Å². The average molecular weight is 850 g/mol. The Bertz CT molecular complexity index is 1990. The normalized spacial score (nSPS) is 17.9. The predicted octanol–water partition coefficient (Wildman–Crippen LogP) is 2.34. The van der Waals surface area contributed by atoms with Gasteiger partial charge in [-0.05, 0) is 43.7 Å². The van der Waals surface area contributed by atoms with Gasteiger partial charge < -0.3 is 34.8 Å². The zero-order chi connectivity index (χ0) is 42.7. The van der Waals surface area contributed by atoms with Gasteiger partial charge >= 0.3 is 6.03 Å². The number of nitrogens with zero attached hydrogens (tertiary/aromatic N) is 11. The van der Waals surface area contributed by atoms with E-state index in [1.807, 2.05) is 39.0 Å². The van der Waals surface area contributed by atoms with Gasteiger partial charge in [-0.3, -0.25) is 29.5 Å². The van der Waals surface area contributed by atoms with E-state index in [1.54, 1.807) is 9.80 Å². The maximum Gasteiger partial charge on any atom is 0.328 e. The van der Waals surface area contributed by atoms with Crippen LogP contribution in [0.25, 0.3) is 11.4 Å². The van der Waals surface area contributed by atoms with Gasteiger partial charge in [0.05, 0.1) is 25.4 Å². The number of urea groups is 1. The lowest BCUT2D eigenvalue weighted by Gasteiger charge is -2.36. The topological polar surface area (TPSA) is 209 Å². The number of alkyl halides is 2. The summed E-state index contributed by atoms with van der Waals surface area (Å²) in [5.41, 5.74) is 5.73. The molecule has 7 rings (SSSR count). The van der Waals surface area contributed by atoms with Gasteiger partial charge in [-0.25, -0.2) is 23.5 Å². The van der Waals surface area contributed by atoms with Crippen LogP contribution < -0.4 is 30.5 Å². The van der Waals surface area contributed by atoms with Crippen molar-refractivity contribution in [2.45, 2.75) is 51.4 Å². The number of nitrogens with one attached hydrogen (secondary N) is 1. The number of piperazine rings is 2. The minimum Gasteiger partial charge on any atom is -0.494 e. The molecule has 3 N–H and O–H groups in total. The second-order valence-corrected chi connectivity index (χ2v) is 15.3. The molecule has 3 aromatic rings. The Kier molecular flexibility index (Phi) is 14.6. The molecule has 21 heteroatoms. The summed E-state index contributed by atoms with van der Waals surface area (Å²) in [4.78, 5) is 82.5. The van der Waals surface area contributed by atoms with Crippen molar-refractivity contribution >= 4 is 47.3 Å². The first-order valence-corrected chi connectivity index (χ1v) is 21.0. The highest BCUT2D eigenvalue weighted by molar-refractivity contribution is 6.05. The van der Waals surface area contributed by atoms with E-state index < -0.39 is 18.2 Å². The Labute approximate surface area is 352 Å². The summed E-state index contributed by atoms with van der Waals surface area (Å²) in [6, 6.07) is 6.90. The number of amides is 5. The fraction of sp³-hybridized carbons (Fsp3) is 0.575. The van der Waals surface area contributed by atoms with Gasteiger partial charge in [0.15, 0.2) is 5.82 Å². The molecular formula is C40H53F2N13O6. The number of benzene rings is 1.